The first-order chi connectivity index (χ1) is 13.7. The number of hydrogen-bond acceptors (Lipinski definition) is 4. The van der Waals surface area contributed by atoms with Gasteiger partial charge in [0.25, 0.3) is 0 Å². The molecule has 0 spiro atoms. The highest BCUT2D eigenvalue weighted by Gasteiger charge is 2.25. The quantitative estimate of drug-likeness (QED) is 0.317. The number of para-hydroxylation sites is 2. The molecule has 0 aliphatic carbocycles. The molecule has 0 aromatic heterocycles. The Morgan fingerprint density at radius 3 is 2.76 bits per heavy atom. The van der Waals surface area contributed by atoms with E-state index in [1.165, 1.54) is 31.5 Å². The number of anilines is 1. The van der Waals surface area contributed by atoms with E-state index in [-0.39, 0.29) is 24.0 Å². The molecule has 2 N–H and O–H groups in total. The lowest BCUT2D eigenvalue weighted by Crippen LogP contribution is -2.45. The second-order valence-corrected chi connectivity index (χ2v) is 7.80. The third-order valence-corrected chi connectivity index (χ3v) is 5.97. The number of rotatable bonds is 8. The maximum atomic E-state index is 5.53. The number of aliphatic imine (C=N–C) groups is 1. The first kappa shape index (κ1) is 24.1. The van der Waals surface area contributed by atoms with E-state index in [0.717, 1.165) is 51.0 Å². The highest BCUT2D eigenvalue weighted by molar-refractivity contribution is 14.0. The summed E-state index contributed by atoms with van der Waals surface area (Å²) in [7, 11) is 1.75. The van der Waals surface area contributed by atoms with Crippen LogP contribution in [-0.2, 0) is 0 Å². The van der Waals surface area contributed by atoms with Gasteiger partial charge in [-0.3, -0.25) is 9.89 Å². The molecule has 0 radical (unpaired) electrons. The summed E-state index contributed by atoms with van der Waals surface area (Å²) >= 11 is 0. The van der Waals surface area contributed by atoms with E-state index >= 15 is 0 Å². The fourth-order valence-corrected chi connectivity index (χ4v) is 4.41. The van der Waals surface area contributed by atoms with Crippen molar-refractivity contribution < 1.29 is 4.74 Å². The lowest BCUT2D eigenvalue weighted by atomic mass is 10.1. The van der Waals surface area contributed by atoms with Gasteiger partial charge in [0.1, 0.15) is 5.75 Å². The van der Waals surface area contributed by atoms with Crippen LogP contribution in [0.2, 0.25) is 0 Å². The van der Waals surface area contributed by atoms with Crippen LogP contribution in [0.5, 0.6) is 5.75 Å². The van der Waals surface area contributed by atoms with Crippen molar-refractivity contribution in [1.29, 1.82) is 0 Å². The van der Waals surface area contributed by atoms with Gasteiger partial charge in [-0.1, -0.05) is 19.1 Å². The third kappa shape index (κ3) is 6.64. The SMILES string of the molecule is CCNC(=NCC1CCN(c2ccccc2OC)C1)NCC1CCCN1CC.I. The third-order valence-electron chi connectivity index (χ3n) is 5.97. The molecule has 1 aromatic rings. The molecule has 0 amide bonds. The first-order valence-corrected chi connectivity index (χ1v) is 10.9. The van der Waals surface area contributed by atoms with Crippen molar-refractivity contribution in [1.82, 2.24) is 15.5 Å². The highest BCUT2D eigenvalue weighted by Crippen LogP contribution is 2.31. The zero-order valence-corrected chi connectivity index (χ0v) is 20.5. The van der Waals surface area contributed by atoms with Gasteiger partial charge in [-0.2, -0.15) is 0 Å². The number of likely N-dealkylation sites (N-methyl/N-ethyl adjacent to an activating group) is 1. The van der Waals surface area contributed by atoms with Gasteiger partial charge in [0.2, 0.25) is 0 Å². The molecule has 29 heavy (non-hydrogen) atoms. The van der Waals surface area contributed by atoms with Crippen LogP contribution in [-0.4, -0.2) is 69.8 Å². The van der Waals surface area contributed by atoms with E-state index in [1.54, 1.807) is 7.11 Å². The number of halogens is 1. The van der Waals surface area contributed by atoms with E-state index < -0.39 is 0 Å². The molecule has 2 aliphatic rings. The summed E-state index contributed by atoms with van der Waals surface area (Å²) in [6.45, 7) is 11.6. The lowest BCUT2D eigenvalue weighted by molar-refractivity contribution is 0.267. The number of benzene rings is 1. The van der Waals surface area contributed by atoms with Crippen LogP contribution in [0.3, 0.4) is 0 Å². The van der Waals surface area contributed by atoms with Crippen LogP contribution in [0.1, 0.15) is 33.1 Å². The number of guanidine groups is 1. The maximum absolute atomic E-state index is 5.53. The minimum Gasteiger partial charge on any atom is -0.495 e. The van der Waals surface area contributed by atoms with E-state index in [2.05, 4.69) is 46.4 Å². The Labute approximate surface area is 193 Å². The fourth-order valence-electron chi connectivity index (χ4n) is 4.41. The first-order valence-electron chi connectivity index (χ1n) is 10.9. The number of nitrogens with zero attached hydrogens (tertiary/aromatic N) is 3. The highest BCUT2D eigenvalue weighted by atomic mass is 127. The molecule has 6 nitrogen and oxygen atoms in total. The minimum absolute atomic E-state index is 0. The number of nitrogens with one attached hydrogen (secondary N) is 2. The van der Waals surface area contributed by atoms with E-state index in [9.17, 15) is 0 Å². The summed E-state index contributed by atoms with van der Waals surface area (Å²) < 4.78 is 5.53. The predicted octanol–water partition coefficient (Wildman–Crippen LogP) is 3.18. The number of methoxy groups -OCH3 is 1. The Kier molecular flexibility index (Phi) is 10.3. The summed E-state index contributed by atoms with van der Waals surface area (Å²) in [5.74, 6) is 2.50. The standard InChI is InChI=1S/C22H37N5O.HI/c1-4-23-22(25-16-19-9-8-13-26(19)5-2)24-15-18-12-14-27(17-18)20-10-6-7-11-21(20)28-3;/h6-7,10-11,18-19H,4-5,8-9,12-17H2,1-3H3,(H2,23,24,25);1H. The topological polar surface area (TPSA) is 52.1 Å². The van der Waals surface area contributed by atoms with Crippen LogP contribution in [0.25, 0.3) is 0 Å². The largest absolute Gasteiger partial charge is 0.495 e. The van der Waals surface area contributed by atoms with Gasteiger partial charge in [-0.05, 0) is 57.3 Å². The number of hydrogen-bond donors (Lipinski definition) is 2. The van der Waals surface area contributed by atoms with Crippen molar-refractivity contribution in [2.24, 2.45) is 10.9 Å². The van der Waals surface area contributed by atoms with Gasteiger partial charge in [0.15, 0.2) is 5.96 Å². The Morgan fingerprint density at radius 2 is 2.00 bits per heavy atom. The molecule has 7 heteroatoms. The van der Waals surface area contributed by atoms with Gasteiger partial charge in [-0.25, -0.2) is 0 Å². The van der Waals surface area contributed by atoms with Gasteiger partial charge >= 0.3 is 0 Å². The van der Waals surface area contributed by atoms with Crippen molar-refractivity contribution in [3.05, 3.63) is 24.3 Å². The summed E-state index contributed by atoms with van der Waals surface area (Å²) in [6.07, 6.45) is 3.78. The molecule has 0 saturated carbocycles. The van der Waals surface area contributed by atoms with Crippen LogP contribution in [0.15, 0.2) is 29.3 Å². The van der Waals surface area contributed by atoms with E-state index in [0.29, 0.717) is 12.0 Å². The Bertz CT molecular complexity index is 641. The molecule has 2 fully saturated rings. The van der Waals surface area contributed by atoms with Gasteiger partial charge in [0.05, 0.1) is 12.8 Å². The van der Waals surface area contributed by atoms with Crippen molar-refractivity contribution in [2.75, 3.05) is 57.8 Å². The monoisotopic (exact) mass is 515 g/mol. The van der Waals surface area contributed by atoms with Crippen molar-refractivity contribution >= 4 is 35.6 Å². The molecule has 1 aromatic carbocycles. The minimum atomic E-state index is 0. The molecule has 164 valence electrons. The molecule has 3 rings (SSSR count). The summed E-state index contributed by atoms with van der Waals surface area (Å²) in [5, 5.41) is 6.99. The molecular weight excluding hydrogens is 477 g/mol. The molecule has 2 saturated heterocycles. The molecule has 0 bridgehead atoms. The van der Waals surface area contributed by atoms with E-state index in [4.69, 9.17) is 9.73 Å². The van der Waals surface area contributed by atoms with Crippen LogP contribution in [0, 0.1) is 5.92 Å². The second kappa shape index (κ2) is 12.5. The molecule has 2 aliphatic heterocycles. The Morgan fingerprint density at radius 1 is 1.17 bits per heavy atom. The van der Waals surface area contributed by atoms with Gasteiger partial charge in [0, 0.05) is 38.8 Å². The average Bonchev–Trinajstić information content (AvgIpc) is 3.39. The average molecular weight is 515 g/mol. The molecule has 2 atom stereocenters. The smallest absolute Gasteiger partial charge is 0.191 e. The normalized spacial score (nSPS) is 22.4. The Balaban J connectivity index is 0.00000300. The van der Waals surface area contributed by atoms with Crippen molar-refractivity contribution in [3.8, 4) is 5.75 Å². The number of likely N-dealkylation sites (tertiary alicyclic amines) is 1. The predicted molar refractivity (Wildman–Crippen MR) is 133 cm³/mol. The zero-order chi connectivity index (χ0) is 19.8. The molecule has 2 unspecified atom stereocenters. The van der Waals surface area contributed by atoms with Crippen molar-refractivity contribution in [2.45, 2.75) is 39.2 Å². The molecular formula is C22H38IN5O. The maximum Gasteiger partial charge on any atom is 0.191 e. The fraction of sp³-hybridized carbons (Fsp3) is 0.682. The van der Waals surface area contributed by atoms with E-state index in [1.807, 2.05) is 12.1 Å². The Hall–Kier alpha value is -1.22. The van der Waals surface area contributed by atoms with Gasteiger partial charge < -0.3 is 20.3 Å². The van der Waals surface area contributed by atoms with Gasteiger partial charge in [-0.15, -0.1) is 24.0 Å². The second-order valence-electron chi connectivity index (χ2n) is 7.80. The number of ether oxygens (including phenoxy) is 1. The summed E-state index contributed by atoms with van der Waals surface area (Å²) in [6, 6.07) is 8.94. The van der Waals surface area contributed by atoms with Crippen LogP contribution >= 0.6 is 24.0 Å². The van der Waals surface area contributed by atoms with Crippen LogP contribution in [0.4, 0.5) is 5.69 Å². The van der Waals surface area contributed by atoms with Crippen LogP contribution < -0.4 is 20.3 Å². The summed E-state index contributed by atoms with van der Waals surface area (Å²) in [4.78, 5) is 9.89. The molecule has 2 heterocycles. The van der Waals surface area contributed by atoms with Crippen molar-refractivity contribution in [3.63, 3.8) is 0 Å². The summed E-state index contributed by atoms with van der Waals surface area (Å²) in [5.41, 5.74) is 1.20. The zero-order valence-electron chi connectivity index (χ0n) is 18.2. The lowest BCUT2D eigenvalue weighted by Gasteiger charge is -2.24.